The van der Waals surface area contributed by atoms with Crippen LogP contribution in [0, 0.1) is 0 Å². The highest BCUT2D eigenvalue weighted by atomic mass is 16.5. The third-order valence-corrected chi connectivity index (χ3v) is 6.77. The highest BCUT2D eigenvalue weighted by Gasteiger charge is 2.47. The van der Waals surface area contributed by atoms with Crippen LogP contribution in [0.1, 0.15) is 63.3 Å². The Labute approximate surface area is 212 Å². The monoisotopic (exact) mass is 493 g/mol. The zero-order valence-corrected chi connectivity index (χ0v) is 21.7. The second-order valence-electron chi connectivity index (χ2n) is 10.3. The average Bonchev–Trinajstić information content (AvgIpc) is 3.45. The van der Waals surface area contributed by atoms with Crippen molar-refractivity contribution in [2.45, 2.75) is 58.1 Å². The standard InChI is InChI=1S/C29H35NO6/c1-6-35-20-10-7-9-18(15-20)25-24(27(32)28(33)30(25)17-21-11-8-14-36-21)26(31)22-16-19(29(2,3)4)12-13-23(22)34-5/h7,9-10,12-13,15-16,21,25,31H,6,8,11,14,17H2,1-5H3/b26-24+. The smallest absolute Gasteiger partial charge is 0.295 e. The fraction of sp³-hybridized carbons (Fsp3) is 0.448. The molecule has 2 saturated heterocycles. The molecule has 2 aromatic rings. The van der Waals surface area contributed by atoms with Crippen LogP contribution in [0.5, 0.6) is 11.5 Å². The van der Waals surface area contributed by atoms with Crippen LogP contribution in [0.2, 0.25) is 0 Å². The van der Waals surface area contributed by atoms with Gasteiger partial charge in [0.2, 0.25) is 0 Å². The summed E-state index contributed by atoms with van der Waals surface area (Å²) in [6.45, 7) is 9.48. The summed E-state index contributed by atoms with van der Waals surface area (Å²) in [6, 6.07) is 12.1. The summed E-state index contributed by atoms with van der Waals surface area (Å²) < 4.78 is 17.0. The summed E-state index contributed by atoms with van der Waals surface area (Å²) in [5.74, 6) is -0.569. The first-order valence-electron chi connectivity index (χ1n) is 12.5. The summed E-state index contributed by atoms with van der Waals surface area (Å²) >= 11 is 0. The number of rotatable bonds is 7. The van der Waals surface area contributed by atoms with Gasteiger partial charge in [0, 0.05) is 13.2 Å². The first-order valence-corrected chi connectivity index (χ1v) is 12.5. The zero-order valence-electron chi connectivity index (χ0n) is 21.7. The maximum absolute atomic E-state index is 13.5. The molecule has 2 heterocycles. The van der Waals surface area contributed by atoms with Gasteiger partial charge >= 0.3 is 0 Å². The van der Waals surface area contributed by atoms with Crippen molar-refractivity contribution in [3.63, 3.8) is 0 Å². The van der Waals surface area contributed by atoms with Crippen LogP contribution >= 0.6 is 0 Å². The van der Waals surface area contributed by atoms with E-state index in [1.165, 1.54) is 12.0 Å². The lowest BCUT2D eigenvalue weighted by molar-refractivity contribution is -0.140. The molecule has 2 fully saturated rings. The Morgan fingerprint density at radius 2 is 1.94 bits per heavy atom. The minimum Gasteiger partial charge on any atom is -0.507 e. The minimum atomic E-state index is -0.780. The number of hydrogen-bond acceptors (Lipinski definition) is 6. The number of aliphatic hydroxyl groups is 1. The van der Waals surface area contributed by atoms with Crippen molar-refractivity contribution in [1.29, 1.82) is 0 Å². The predicted octanol–water partition coefficient (Wildman–Crippen LogP) is 4.99. The van der Waals surface area contributed by atoms with E-state index in [4.69, 9.17) is 14.2 Å². The van der Waals surface area contributed by atoms with Gasteiger partial charge in [0.1, 0.15) is 17.3 Å². The van der Waals surface area contributed by atoms with E-state index in [-0.39, 0.29) is 29.4 Å². The normalized spacial score (nSPS) is 21.8. The van der Waals surface area contributed by atoms with Gasteiger partial charge in [-0.1, -0.05) is 39.0 Å². The molecule has 0 bridgehead atoms. The maximum Gasteiger partial charge on any atom is 0.295 e. The van der Waals surface area contributed by atoms with Gasteiger partial charge in [-0.25, -0.2) is 0 Å². The Balaban J connectivity index is 1.90. The SMILES string of the molecule is CCOc1cccc(C2/C(=C(\O)c3cc(C(C)(C)C)ccc3OC)C(=O)C(=O)N2CC2CCCO2)c1. The third-order valence-electron chi connectivity index (χ3n) is 6.77. The lowest BCUT2D eigenvalue weighted by atomic mass is 9.85. The van der Waals surface area contributed by atoms with Crippen molar-refractivity contribution < 1.29 is 28.9 Å². The third kappa shape index (κ3) is 4.98. The molecule has 2 atom stereocenters. The number of carbonyl (C=O) groups excluding carboxylic acids is 2. The fourth-order valence-electron chi connectivity index (χ4n) is 4.87. The van der Waals surface area contributed by atoms with Gasteiger partial charge in [0.15, 0.2) is 0 Å². The molecule has 36 heavy (non-hydrogen) atoms. The fourth-order valence-corrected chi connectivity index (χ4v) is 4.87. The Kier molecular flexibility index (Phi) is 7.41. The number of hydrogen-bond donors (Lipinski definition) is 1. The van der Waals surface area contributed by atoms with Gasteiger partial charge in [0.25, 0.3) is 11.7 Å². The number of likely N-dealkylation sites (tertiary alicyclic amines) is 1. The summed E-state index contributed by atoms with van der Waals surface area (Å²) in [7, 11) is 1.52. The van der Waals surface area contributed by atoms with Crippen molar-refractivity contribution in [3.05, 3.63) is 64.7 Å². The first-order chi connectivity index (χ1) is 17.2. The summed E-state index contributed by atoms with van der Waals surface area (Å²) in [5, 5.41) is 11.6. The van der Waals surface area contributed by atoms with Crippen molar-refractivity contribution in [3.8, 4) is 11.5 Å². The van der Waals surface area contributed by atoms with E-state index in [1.807, 2.05) is 43.3 Å². The van der Waals surface area contributed by atoms with Gasteiger partial charge in [-0.15, -0.1) is 0 Å². The number of nitrogens with zero attached hydrogens (tertiary/aromatic N) is 1. The van der Waals surface area contributed by atoms with Crippen LogP contribution in [-0.2, 0) is 19.7 Å². The van der Waals surface area contributed by atoms with Crippen molar-refractivity contribution in [1.82, 2.24) is 4.90 Å². The largest absolute Gasteiger partial charge is 0.507 e. The molecule has 192 valence electrons. The molecule has 1 N–H and O–H groups in total. The second-order valence-corrected chi connectivity index (χ2v) is 10.3. The van der Waals surface area contributed by atoms with Crippen LogP contribution in [0.15, 0.2) is 48.0 Å². The number of ketones is 1. The van der Waals surface area contributed by atoms with Crippen LogP contribution in [0.3, 0.4) is 0 Å². The summed E-state index contributed by atoms with van der Waals surface area (Å²) in [5.41, 5.74) is 1.87. The Hall–Kier alpha value is -3.32. The molecule has 0 aliphatic carbocycles. The number of methoxy groups -OCH3 is 1. The van der Waals surface area contributed by atoms with Crippen molar-refractivity contribution in [2.75, 3.05) is 26.9 Å². The number of carbonyl (C=O) groups is 2. The molecule has 4 rings (SSSR count). The van der Waals surface area contributed by atoms with E-state index in [1.54, 1.807) is 6.07 Å². The quantitative estimate of drug-likeness (QED) is 0.332. The van der Waals surface area contributed by atoms with Gasteiger partial charge in [0.05, 0.1) is 37.0 Å². The number of Topliss-reactive ketones (excluding diaryl/α,β-unsaturated/α-hetero) is 1. The molecular formula is C29H35NO6. The number of amides is 1. The zero-order chi connectivity index (χ0) is 26.0. The van der Waals surface area contributed by atoms with Gasteiger partial charge in [-0.05, 0) is 60.6 Å². The average molecular weight is 494 g/mol. The molecular weight excluding hydrogens is 458 g/mol. The molecule has 1 amide bonds. The molecule has 2 aliphatic rings. The first kappa shape index (κ1) is 25.8. The van der Waals surface area contributed by atoms with E-state index >= 15 is 0 Å². The molecule has 7 heteroatoms. The molecule has 0 aromatic heterocycles. The Bertz CT molecular complexity index is 1170. The van der Waals surface area contributed by atoms with Crippen LogP contribution in [0.4, 0.5) is 0 Å². The Morgan fingerprint density at radius 3 is 2.58 bits per heavy atom. The summed E-state index contributed by atoms with van der Waals surface area (Å²) in [6.07, 6.45) is 1.58. The summed E-state index contributed by atoms with van der Waals surface area (Å²) in [4.78, 5) is 28.3. The van der Waals surface area contributed by atoms with Crippen LogP contribution < -0.4 is 9.47 Å². The molecule has 0 radical (unpaired) electrons. The van der Waals surface area contributed by atoms with Gasteiger partial charge < -0.3 is 24.2 Å². The maximum atomic E-state index is 13.5. The van der Waals surface area contributed by atoms with Crippen molar-refractivity contribution in [2.24, 2.45) is 0 Å². The minimum absolute atomic E-state index is 0.0380. The highest BCUT2D eigenvalue weighted by Crippen LogP contribution is 2.43. The predicted molar refractivity (Wildman–Crippen MR) is 137 cm³/mol. The van der Waals surface area contributed by atoms with Crippen molar-refractivity contribution >= 4 is 17.4 Å². The Morgan fingerprint density at radius 1 is 1.17 bits per heavy atom. The molecule has 0 spiro atoms. The highest BCUT2D eigenvalue weighted by molar-refractivity contribution is 6.46. The molecule has 2 unspecified atom stereocenters. The van der Waals surface area contributed by atoms with Gasteiger partial charge in [-0.3, -0.25) is 9.59 Å². The number of ether oxygens (including phenoxy) is 3. The van der Waals surface area contributed by atoms with E-state index < -0.39 is 17.7 Å². The van der Waals surface area contributed by atoms with E-state index in [0.29, 0.717) is 35.8 Å². The molecule has 0 saturated carbocycles. The van der Waals surface area contributed by atoms with E-state index in [2.05, 4.69) is 20.8 Å². The van der Waals surface area contributed by atoms with Crippen LogP contribution in [0.25, 0.3) is 5.76 Å². The second kappa shape index (κ2) is 10.3. The lowest BCUT2D eigenvalue weighted by Gasteiger charge is -2.28. The molecule has 7 nitrogen and oxygen atoms in total. The number of aliphatic hydroxyl groups excluding tert-OH is 1. The van der Waals surface area contributed by atoms with Gasteiger partial charge in [-0.2, -0.15) is 0 Å². The molecule has 2 aliphatic heterocycles. The number of benzene rings is 2. The van der Waals surface area contributed by atoms with E-state index in [9.17, 15) is 14.7 Å². The molecule has 2 aromatic carbocycles. The lowest BCUT2D eigenvalue weighted by Crippen LogP contribution is -2.36. The van der Waals surface area contributed by atoms with E-state index in [0.717, 1.165) is 18.4 Å². The van der Waals surface area contributed by atoms with Crippen LogP contribution in [-0.4, -0.2) is 54.7 Å². The topological polar surface area (TPSA) is 85.3 Å².